The van der Waals surface area contributed by atoms with Crippen LogP contribution in [0.25, 0.3) is 11.0 Å². The lowest BCUT2D eigenvalue weighted by atomic mass is 10.1. The first-order chi connectivity index (χ1) is 10.2. The summed E-state index contributed by atoms with van der Waals surface area (Å²) in [5, 5.41) is 0. The molecule has 0 aliphatic carbocycles. The Kier molecular flexibility index (Phi) is 3.94. The zero-order valence-electron chi connectivity index (χ0n) is 11.6. The molecule has 108 valence electrons. The molecule has 0 fully saturated rings. The van der Waals surface area contributed by atoms with Gasteiger partial charge in [0.15, 0.2) is 0 Å². The van der Waals surface area contributed by atoms with Crippen LogP contribution in [0.3, 0.4) is 0 Å². The number of H-pyrrole nitrogens is 1. The summed E-state index contributed by atoms with van der Waals surface area (Å²) >= 11 is 3.45. The van der Waals surface area contributed by atoms with Crippen molar-refractivity contribution in [3.8, 4) is 5.75 Å². The molecule has 3 N–H and O–H groups in total. The number of methoxy groups -OCH3 is 1. The number of hydrogen-bond donors (Lipinski definition) is 2. The summed E-state index contributed by atoms with van der Waals surface area (Å²) in [7, 11) is 1.66. The lowest BCUT2D eigenvalue weighted by molar-refractivity contribution is 0.414. The normalized spacial score (nSPS) is 12.5. The van der Waals surface area contributed by atoms with Gasteiger partial charge in [0.1, 0.15) is 11.6 Å². The van der Waals surface area contributed by atoms with Crippen molar-refractivity contribution in [3.05, 3.63) is 58.3 Å². The van der Waals surface area contributed by atoms with Crippen LogP contribution in [-0.4, -0.2) is 17.1 Å². The van der Waals surface area contributed by atoms with Crippen molar-refractivity contribution >= 4 is 27.0 Å². The molecule has 0 saturated heterocycles. The Morgan fingerprint density at radius 3 is 2.71 bits per heavy atom. The van der Waals surface area contributed by atoms with Crippen molar-refractivity contribution in [2.45, 2.75) is 12.5 Å². The Balaban J connectivity index is 1.80. The molecular formula is C16H16BrN3O. The minimum absolute atomic E-state index is 0.162. The first kappa shape index (κ1) is 14.1. The number of benzene rings is 2. The molecule has 0 unspecified atom stereocenters. The second-order valence-corrected chi connectivity index (χ2v) is 5.86. The maximum absolute atomic E-state index is 6.26. The number of nitrogens with two attached hydrogens (primary N) is 1. The van der Waals surface area contributed by atoms with Crippen LogP contribution in [-0.2, 0) is 6.42 Å². The zero-order valence-corrected chi connectivity index (χ0v) is 13.2. The quantitative estimate of drug-likeness (QED) is 0.759. The van der Waals surface area contributed by atoms with Gasteiger partial charge in [-0.25, -0.2) is 4.98 Å². The summed E-state index contributed by atoms with van der Waals surface area (Å²) in [5.41, 5.74) is 9.34. The molecule has 0 bridgehead atoms. The maximum Gasteiger partial charge on any atom is 0.124 e. The molecule has 0 amide bonds. The molecule has 1 heterocycles. The van der Waals surface area contributed by atoms with Crippen molar-refractivity contribution in [2.24, 2.45) is 5.73 Å². The molecule has 1 atom stereocenters. The summed E-state index contributed by atoms with van der Waals surface area (Å²) in [4.78, 5) is 7.85. The minimum Gasteiger partial charge on any atom is -0.497 e. The van der Waals surface area contributed by atoms with Crippen molar-refractivity contribution in [1.29, 1.82) is 0 Å². The number of aromatic nitrogens is 2. The van der Waals surface area contributed by atoms with E-state index in [4.69, 9.17) is 10.5 Å². The van der Waals surface area contributed by atoms with E-state index in [9.17, 15) is 0 Å². The van der Waals surface area contributed by atoms with Gasteiger partial charge in [-0.15, -0.1) is 0 Å². The Bertz CT molecular complexity index is 752. The zero-order chi connectivity index (χ0) is 14.8. The number of rotatable bonds is 4. The van der Waals surface area contributed by atoms with E-state index in [0.29, 0.717) is 0 Å². The first-order valence-electron chi connectivity index (χ1n) is 6.69. The predicted octanol–water partition coefficient (Wildman–Crippen LogP) is 3.58. The van der Waals surface area contributed by atoms with Gasteiger partial charge in [-0.05, 0) is 42.3 Å². The summed E-state index contributed by atoms with van der Waals surface area (Å²) in [5.74, 6) is 1.65. The monoisotopic (exact) mass is 345 g/mol. The van der Waals surface area contributed by atoms with E-state index >= 15 is 0 Å². The second kappa shape index (κ2) is 5.87. The van der Waals surface area contributed by atoms with Crippen LogP contribution in [0.5, 0.6) is 5.75 Å². The average Bonchev–Trinajstić information content (AvgIpc) is 2.91. The van der Waals surface area contributed by atoms with E-state index in [1.807, 2.05) is 42.5 Å². The molecular weight excluding hydrogens is 330 g/mol. The molecule has 3 rings (SSSR count). The van der Waals surface area contributed by atoms with Crippen LogP contribution in [0.1, 0.15) is 17.4 Å². The molecule has 4 nitrogen and oxygen atoms in total. The van der Waals surface area contributed by atoms with Gasteiger partial charge in [0.2, 0.25) is 0 Å². The van der Waals surface area contributed by atoms with Gasteiger partial charge in [-0.3, -0.25) is 0 Å². The Labute approximate surface area is 131 Å². The fourth-order valence-electron chi connectivity index (χ4n) is 2.29. The molecule has 21 heavy (non-hydrogen) atoms. The number of hydrogen-bond acceptors (Lipinski definition) is 3. The van der Waals surface area contributed by atoms with Crippen LogP contribution in [0, 0.1) is 0 Å². The molecule has 0 aliphatic rings. The van der Waals surface area contributed by atoms with E-state index in [1.54, 1.807) is 7.11 Å². The third-order valence-electron chi connectivity index (χ3n) is 3.43. The fourth-order valence-corrected chi connectivity index (χ4v) is 2.64. The number of nitrogens with zero attached hydrogens (tertiary/aromatic N) is 1. The van der Waals surface area contributed by atoms with Gasteiger partial charge in [-0.1, -0.05) is 28.1 Å². The van der Waals surface area contributed by atoms with Gasteiger partial charge < -0.3 is 15.5 Å². The van der Waals surface area contributed by atoms with Gasteiger partial charge >= 0.3 is 0 Å². The number of ether oxygens (including phenoxy) is 1. The maximum atomic E-state index is 6.26. The molecule has 2 aromatic carbocycles. The lowest BCUT2D eigenvalue weighted by Gasteiger charge is -2.09. The average molecular weight is 346 g/mol. The summed E-state index contributed by atoms with van der Waals surface area (Å²) in [6, 6.07) is 13.7. The van der Waals surface area contributed by atoms with Crippen molar-refractivity contribution in [1.82, 2.24) is 9.97 Å². The largest absolute Gasteiger partial charge is 0.497 e. The fraction of sp³-hybridized carbons (Fsp3) is 0.188. The third kappa shape index (κ3) is 3.09. The first-order valence-corrected chi connectivity index (χ1v) is 7.48. The standard InChI is InChI=1S/C16H16BrN3O/c1-21-12-5-2-10(3-6-12)8-13(18)16-19-14-7-4-11(17)9-15(14)20-16/h2-7,9,13H,8,18H2,1H3,(H,19,20)/t13-/m1/s1. The number of aromatic amines is 1. The van der Waals surface area contributed by atoms with Gasteiger partial charge in [0.05, 0.1) is 24.2 Å². The summed E-state index contributed by atoms with van der Waals surface area (Å²) in [6.45, 7) is 0. The summed E-state index contributed by atoms with van der Waals surface area (Å²) < 4.78 is 6.17. The highest BCUT2D eigenvalue weighted by molar-refractivity contribution is 9.10. The molecule has 0 saturated carbocycles. The minimum atomic E-state index is -0.162. The molecule has 3 aromatic rings. The van der Waals surface area contributed by atoms with Gasteiger partial charge in [0, 0.05) is 4.47 Å². The molecule has 1 aromatic heterocycles. The molecule has 0 aliphatic heterocycles. The van der Waals surface area contributed by atoms with Gasteiger partial charge in [-0.2, -0.15) is 0 Å². The number of imidazole rings is 1. The van der Waals surface area contributed by atoms with Crippen molar-refractivity contribution < 1.29 is 4.74 Å². The van der Waals surface area contributed by atoms with Crippen LogP contribution >= 0.6 is 15.9 Å². The van der Waals surface area contributed by atoms with E-state index < -0.39 is 0 Å². The van der Waals surface area contributed by atoms with Crippen LogP contribution in [0.2, 0.25) is 0 Å². The Morgan fingerprint density at radius 2 is 2.00 bits per heavy atom. The highest BCUT2D eigenvalue weighted by Crippen LogP contribution is 2.22. The predicted molar refractivity (Wildman–Crippen MR) is 87.4 cm³/mol. The number of fused-ring (bicyclic) bond motifs is 1. The molecule has 0 spiro atoms. The third-order valence-corrected chi connectivity index (χ3v) is 3.92. The lowest BCUT2D eigenvalue weighted by Crippen LogP contribution is -2.14. The molecule has 5 heteroatoms. The van der Waals surface area contributed by atoms with E-state index in [1.165, 1.54) is 0 Å². The van der Waals surface area contributed by atoms with Crippen molar-refractivity contribution in [2.75, 3.05) is 7.11 Å². The van der Waals surface area contributed by atoms with Crippen molar-refractivity contribution in [3.63, 3.8) is 0 Å². The second-order valence-electron chi connectivity index (χ2n) is 4.94. The SMILES string of the molecule is COc1ccc(C[C@@H](N)c2nc3cc(Br)ccc3[nH]2)cc1. The Hall–Kier alpha value is -1.85. The Morgan fingerprint density at radius 1 is 1.24 bits per heavy atom. The van der Waals surface area contributed by atoms with E-state index in [2.05, 4.69) is 25.9 Å². The van der Waals surface area contributed by atoms with E-state index in [-0.39, 0.29) is 6.04 Å². The molecule has 0 radical (unpaired) electrons. The van der Waals surface area contributed by atoms with Crippen LogP contribution in [0.4, 0.5) is 0 Å². The highest BCUT2D eigenvalue weighted by atomic mass is 79.9. The smallest absolute Gasteiger partial charge is 0.124 e. The topological polar surface area (TPSA) is 63.9 Å². The van der Waals surface area contributed by atoms with E-state index in [0.717, 1.165) is 39.1 Å². The number of halogens is 1. The van der Waals surface area contributed by atoms with Gasteiger partial charge in [0.25, 0.3) is 0 Å². The summed E-state index contributed by atoms with van der Waals surface area (Å²) in [6.07, 6.45) is 0.727. The van der Waals surface area contributed by atoms with Crippen LogP contribution in [0.15, 0.2) is 46.9 Å². The van der Waals surface area contributed by atoms with Crippen LogP contribution < -0.4 is 10.5 Å². The number of nitrogens with one attached hydrogen (secondary N) is 1. The highest BCUT2D eigenvalue weighted by Gasteiger charge is 2.12.